The number of amides is 3. The molecule has 6 rings (SSSR count). The zero-order valence-corrected chi connectivity index (χ0v) is 27.2. The molecule has 9 nitrogen and oxygen atoms in total. The predicted octanol–water partition coefficient (Wildman–Crippen LogP) is 8.31. The van der Waals surface area contributed by atoms with E-state index in [1.165, 1.54) is 36.0 Å². The number of para-hydroxylation sites is 3. The highest BCUT2D eigenvalue weighted by atomic mass is 32.2. The predicted molar refractivity (Wildman–Crippen MR) is 190 cm³/mol. The van der Waals surface area contributed by atoms with E-state index < -0.39 is 22.0 Å². The third-order valence-corrected chi connectivity index (χ3v) is 9.62. The van der Waals surface area contributed by atoms with Gasteiger partial charge < -0.3 is 10.6 Å². The highest BCUT2D eigenvalue weighted by Crippen LogP contribution is 2.48. The molecule has 48 heavy (non-hydrogen) atoms. The summed E-state index contributed by atoms with van der Waals surface area (Å²) >= 11 is 3.04. The van der Waals surface area contributed by atoms with Crippen molar-refractivity contribution in [3.63, 3.8) is 0 Å². The number of nitro groups is 1. The first-order valence-electron chi connectivity index (χ1n) is 14.9. The van der Waals surface area contributed by atoms with Gasteiger partial charge in [-0.25, -0.2) is 0 Å². The molecule has 1 heterocycles. The molecule has 5 aromatic carbocycles. The van der Waals surface area contributed by atoms with E-state index in [4.69, 9.17) is 0 Å². The van der Waals surface area contributed by atoms with Gasteiger partial charge in [0.2, 0.25) is 5.91 Å². The minimum Gasteiger partial charge on any atom is -0.321 e. The van der Waals surface area contributed by atoms with Gasteiger partial charge in [-0.15, -0.1) is 11.8 Å². The molecule has 0 bridgehead atoms. The number of carbonyl (C=O) groups is 3. The third kappa shape index (κ3) is 7.17. The van der Waals surface area contributed by atoms with Gasteiger partial charge in [0.05, 0.1) is 27.1 Å². The van der Waals surface area contributed by atoms with Crippen LogP contribution in [-0.2, 0) is 9.59 Å². The molecule has 2 N–H and O–H groups in total. The number of fused-ring (bicyclic) bond motifs is 2. The second-order valence-electron chi connectivity index (χ2n) is 10.6. The number of carbonyl (C=O) groups excluding carboxylic acids is 3. The number of benzene rings is 5. The van der Waals surface area contributed by atoms with E-state index in [1.807, 2.05) is 55.5 Å². The molecule has 1 atom stereocenters. The normalized spacial score (nSPS) is 12.7. The summed E-state index contributed by atoms with van der Waals surface area (Å²) in [5.74, 6) is -1.27. The summed E-state index contributed by atoms with van der Waals surface area (Å²) in [7, 11) is 0. The van der Waals surface area contributed by atoms with Crippen molar-refractivity contribution >= 4 is 70.1 Å². The number of hydrogen-bond acceptors (Lipinski definition) is 7. The monoisotopic (exact) mass is 672 g/mol. The molecule has 0 saturated carbocycles. The number of anilines is 3. The topological polar surface area (TPSA) is 122 Å². The van der Waals surface area contributed by atoms with Crippen LogP contribution in [0.1, 0.15) is 22.8 Å². The molecule has 11 heteroatoms. The fraction of sp³-hybridized carbons (Fsp3) is 0.0541. The van der Waals surface area contributed by atoms with Gasteiger partial charge >= 0.3 is 0 Å². The minimum atomic E-state index is -0.665. The number of hydrogen-bond donors (Lipinski definition) is 2. The Labute approximate surface area is 285 Å². The average molecular weight is 673 g/mol. The molecule has 5 aromatic rings. The Kier molecular flexibility index (Phi) is 9.70. The lowest BCUT2D eigenvalue weighted by atomic mass is 10.1. The summed E-state index contributed by atoms with van der Waals surface area (Å²) in [6.07, 6.45) is 1.28. The summed E-state index contributed by atoms with van der Waals surface area (Å²) < 4.78 is 0. The van der Waals surface area contributed by atoms with Crippen molar-refractivity contribution in [1.29, 1.82) is 0 Å². The van der Waals surface area contributed by atoms with Crippen LogP contribution < -0.4 is 15.5 Å². The van der Waals surface area contributed by atoms with Crippen molar-refractivity contribution in [3.05, 3.63) is 154 Å². The van der Waals surface area contributed by atoms with Crippen LogP contribution in [0.5, 0.6) is 0 Å². The molecule has 0 spiro atoms. The van der Waals surface area contributed by atoms with Crippen molar-refractivity contribution < 1.29 is 19.3 Å². The van der Waals surface area contributed by atoms with Crippen LogP contribution in [0.25, 0.3) is 6.08 Å². The molecule has 0 aliphatic carbocycles. The maximum Gasteiger partial charge on any atom is 0.276 e. The van der Waals surface area contributed by atoms with E-state index in [1.54, 1.807) is 77.3 Å². The van der Waals surface area contributed by atoms with Crippen LogP contribution in [0.15, 0.2) is 148 Å². The second kappa shape index (κ2) is 14.4. The smallest absolute Gasteiger partial charge is 0.276 e. The van der Waals surface area contributed by atoms with Gasteiger partial charge in [-0.2, -0.15) is 0 Å². The van der Waals surface area contributed by atoms with Gasteiger partial charge in [-0.3, -0.25) is 29.4 Å². The van der Waals surface area contributed by atoms with Gasteiger partial charge in [0.15, 0.2) is 0 Å². The van der Waals surface area contributed by atoms with E-state index in [2.05, 4.69) is 10.6 Å². The second-order valence-corrected chi connectivity index (χ2v) is 13.1. The molecular weight excluding hydrogens is 645 g/mol. The maximum absolute atomic E-state index is 13.9. The van der Waals surface area contributed by atoms with Crippen LogP contribution in [-0.4, -0.2) is 27.9 Å². The van der Waals surface area contributed by atoms with Gasteiger partial charge in [-0.05, 0) is 79.7 Å². The number of nitrogens with zero attached hydrogens (tertiary/aromatic N) is 2. The molecule has 0 fully saturated rings. The quantitative estimate of drug-likeness (QED) is 0.0699. The van der Waals surface area contributed by atoms with Crippen molar-refractivity contribution in [1.82, 2.24) is 5.32 Å². The lowest BCUT2D eigenvalue weighted by Gasteiger charge is -2.32. The average Bonchev–Trinajstić information content (AvgIpc) is 3.11. The first-order chi connectivity index (χ1) is 23.3. The maximum atomic E-state index is 13.9. The van der Waals surface area contributed by atoms with E-state index in [0.717, 1.165) is 26.1 Å². The fourth-order valence-corrected chi connectivity index (χ4v) is 7.03. The largest absolute Gasteiger partial charge is 0.321 e. The van der Waals surface area contributed by atoms with Crippen LogP contribution in [0.3, 0.4) is 0 Å². The summed E-state index contributed by atoms with van der Waals surface area (Å²) in [6, 6.07) is 37.0. The van der Waals surface area contributed by atoms with E-state index in [-0.39, 0.29) is 22.9 Å². The Morgan fingerprint density at radius 3 is 2.02 bits per heavy atom. The highest BCUT2D eigenvalue weighted by Gasteiger charge is 2.31. The summed E-state index contributed by atoms with van der Waals surface area (Å²) in [6.45, 7) is 1.87. The van der Waals surface area contributed by atoms with Gasteiger partial charge in [0.1, 0.15) is 5.70 Å². The Bertz CT molecular complexity index is 2010. The Hall–Kier alpha value is -5.65. The molecule has 238 valence electrons. The van der Waals surface area contributed by atoms with E-state index >= 15 is 0 Å². The van der Waals surface area contributed by atoms with Crippen molar-refractivity contribution in [3.8, 4) is 0 Å². The number of thioether (sulfide) groups is 1. The van der Waals surface area contributed by atoms with Crippen molar-refractivity contribution in [2.45, 2.75) is 26.9 Å². The molecule has 1 aliphatic heterocycles. The Morgan fingerprint density at radius 2 is 1.38 bits per heavy atom. The van der Waals surface area contributed by atoms with Crippen molar-refractivity contribution in [2.24, 2.45) is 0 Å². The number of nitrogens with one attached hydrogen (secondary N) is 2. The number of rotatable bonds is 9. The summed E-state index contributed by atoms with van der Waals surface area (Å²) in [5, 5.41) is 16.6. The van der Waals surface area contributed by atoms with E-state index in [0.29, 0.717) is 11.3 Å². The van der Waals surface area contributed by atoms with Gasteiger partial charge in [-0.1, -0.05) is 66.4 Å². The Morgan fingerprint density at radius 1 is 0.792 bits per heavy atom. The standard InChI is InChI=1S/C37H28N4O5S2/c1-24(37(44)40-31-15-7-9-17-33(31)48-34-18-10-8-16-32(34)40)47-28-21-19-27(20-22-28)38-36(43)29(39-35(42)25-11-3-2-4-12-25)23-26-13-5-6-14-30(26)41(45)46/h2-24H,1H3,(H,38,43)(H,39,42)/b29-23+. The SMILES string of the molecule is CC(Sc1ccc(NC(=O)/C(=C\c2ccccc2[N+](=O)[O-])NC(=O)c2ccccc2)cc1)C(=O)N1c2ccccc2Sc2ccccc21. The van der Waals surface area contributed by atoms with Crippen molar-refractivity contribution in [2.75, 3.05) is 10.2 Å². The minimum absolute atomic E-state index is 0.0588. The van der Waals surface area contributed by atoms with Crippen LogP contribution in [0.2, 0.25) is 0 Å². The van der Waals surface area contributed by atoms with Crippen LogP contribution in [0, 0.1) is 10.1 Å². The highest BCUT2D eigenvalue weighted by molar-refractivity contribution is 8.00. The zero-order chi connectivity index (χ0) is 33.6. The first-order valence-corrected chi connectivity index (χ1v) is 16.6. The molecule has 1 unspecified atom stereocenters. The fourth-order valence-electron chi connectivity index (χ4n) is 5.07. The van der Waals surface area contributed by atoms with Crippen LogP contribution >= 0.6 is 23.5 Å². The van der Waals surface area contributed by atoms with E-state index in [9.17, 15) is 24.5 Å². The lowest BCUT2D eigenvalue weighted by Crippen LogP contribution is -2.34. The summed E-state index contributed by atoms with van der Waals surface area (Å²) in [4.78, 5) is 56.0. The zero-order valence-electron chi connectivity index (χ0n) is 25.5. The molecule has 0 saturated heterocycles. The molecular formula is C37H28N4O5S2. The lowest BCUT2D eigenvalue weighted by molar-refractivity contribution is -0.385. The first kappa shape index (κ1) is 32.3. The molecule has 0 aromatic heterocycles. The van der Waals surface area contributed by atoms with Gasteiger partial charge in [0.25, 0.3) is 17.5 Å². The molecule has 3 amide bonds. The van der Waals surface area contributed by atoms with Gasteiger partial charge in [0, 0.05) is 32.0 Å². The van der Waals surface area contributed by atoms with Crippen LogP contribution in [0.4, 0.5) is 22.7 Å². The molecule has 0 radical (unpaired) electrons. The number of nitro benzene ring substituents is 1. The molecule has 1 aliphatic rings. The Balaban J connectivity index is 1.19. The third-order valence-electron chi connectivity index (χ3n) is 7.39. The summed E-state index contributed by atoms with van der Waals surface area (Å²) in [5.41, 5.74) is 2.22.